The van der Waals surface area contributed by atoms with Crippen LogP contribution < -0.4 is 29.6 Å². The predicted molar refractivity (Wildman–Crippen MR) is 34.9 cm³/mol. The number of phenolic OH excluding ortho intramolecular Hbond substituents is 1. The van der Waals surface area contributed by atoms with E-state index >= 15 is 0 Å². The Bertz CT molecular complexity index is 153. The quantitative estimate of drug-likeness (QED) is 0.264. The van der Waals surface area contributed by atoms with E-state index in [1.807, 2.05) is 6.07 Å². The first-order valence-corrected chi connectivity index (χ1v) is 2.37. The first-order valence-electron chi connectivity index (χ1n) is 2.37. The van der Waals surface area contributed by atoms with E-state index in [4.69, 9.17) is 9.90 Å². The van der Waals surface area contributed by atoms with Gasteiger partial charge in [0.15, 0.2) is 0 Å². The van der Waals surface area contributed by atoms with Gasteiger partial charge in [0.1, 0.15) is 5.75 Å². The standard InChI is InChI=1S/C6H6O.CHO.Na/c7-6-4-2-1-3-5-6;1-2;/h1-5,7H;1H;/q;-1;+1. The summed E-state index contributed by atoms with van der Waals surface area (Å²) in [5.74, 6) is 0.322. The molecule has 3 heteroatoms. The minimum atomic E-state index is 0. The van der Waals surface area contributed by atoms with Crippen LogP contribution in [0.25, 0.3) is 0 Å². The van der Waals surface area contributed by atoms with Gasteiger partial charge in [0.25, 0.3) is 0 Å². The predicted octanol–water partition coefficient (Wildman–Crippen LogP) is -1.88. The van der Waals surface area contributed by atoms with Gasteiger partial charge in [-0.1, -0.05) is 18.2 Å². The number of hydrogen-bond donors (Lipinski definition) is 1. The molecule has 0 aromatic heterocycles. The molecular weight excluding hydrogens is 139 g/mol. The Morgan fingerprint density at radius 2 is 1.50 bits per heavy atom. The molecule has 0 unspecified atom stereocenters. The summed E-state index contributed by atoms with van der Waals surface area (Å²) in [4.78, 5) is 7.75. The molecule has 10 heavy (non-hydrogen) atoms. The summed E-state index contributed by atoms with van der Waals surface area (Å²) in [7, 11) is 0. The molecule has 0 fully saturated rings. The van der Waals surface area contributed by atoms with Crippen molar-refractivity contribution < 1.29 is 39.5 Å². The molecular formula is C7H7NaO2. The van der Waals surface area contributed by atoms with Crippen molar-refractivity contribution in [2.45, 2.75) is 0 Å². The summed E-state index contributed by atoms with van der Waals surface area (Å²) in [5, 5.41) is 8.63. The number of benzene rings is 1. The van der Waals surface area contributed by atoms with Crippen LogP contribution in [-0.4, -0.2) is 11.9 Å². The van der Waals surface area contributed by atoms with Gasteiger partial charge in [0.2, 0.25) is 0 Å². The maximum absolute atomic E-state index is 8.63. The van der Waals surface area contributed by atoms with Crippen LogP contribution in [0, 0.1) is 0 Å². The van der Waals surface area contributed by atoms with Gasteiger partial charge in [-0.2, -0.15) is 0 Å². The summed E-state index contributed by atoms with van der Waals surface area (Å²) in [6, 6.07) is 8.71. The smallest absolute Gasteiger partial charge is 0.545 e. The number of para-hydroxylation sites is 1. The van der Waals surface area contributed by atoms with Crippen molar-refractivity contribution in [1.82, 2.24) is 0 Å². The van der Waals surface area contributed by atoms with Crippen molar-refractivity contribution in [3.8, 4) is 5.75 Å². The van der Waals surface area contributed by atoms with E-state index in [0.717, 1.165) is 0 Å². The van der Waals surface area contributed by atoms with Crippen LogP contribution in [-0.2, 0) is 4.79 Å². The zero-order chi connectivity index (χ0) is 7.11. The Balaban J connectivity index is 0. The van der Waals surface area contributed by atoms with Gasteiger partial charge in [0.05, 0.1) is 0 Å². The average Bonchev–Trinajstić information content (AvgIpc) is 1.94. The number of rotatable bonds is 0. The second kappa shape index (κ2) is 8.69. The fourth-order valence-electron chi connectivity index (χ4n) is 0.428. The van der Waals surface area contributed by atoms with Crippen molar-refractivity contribution in [3.63, 3.8) is 0 Å². The summed E-state index contributed by atoms with van der Waals surface area (Å²) in [6.45, 7) is 3.25. The van der Waals surface area contributed by atoms with E-state index in [1.54, 1.807) is 24.3 Å². The number of aromatic hydroxyl groups is 1. The molecule has 1 rings (SSSR count). The molecule has 0 saturated carbocycles. The Morgan fingerprint density at radius 1 is 1.10 bits per heavy atom. The molecule has 1 N–H and O–H groups in total. The van der Waals surface area contributed by atoms with E-state index in [1.165, 1.54) is 0 Å². The van der Waals surface area contributed by atoms with Crippen LogP contribution in [0.1, 0.15) is 0 Å². The van der Waals surface area contributed by atoms with Crippen molar-refractivity contribution in [3.05, 3.63) is 30.3 Å². The minimum Gasteiger partial charge on any atom is -0.545 e. The Labute approximate surface area is 82.2 Å². The summed E-state index contributed by atoms with van der Waals surface area (Å²) >= 11 is 0. The molecule has 1 aromatic carbocycles. The van der Waals surface area contributed by atoms with Crippen LogP contribution in [0.2, 0.25) is 0 Å². The number of hydrogen-bond acceptors (Lipinski definition) is 2. The van der Waals surface area contributed by atoms with Crippen LogP contribution in [0.5, 0.6) is 5.75 Å². The van der Waals surface area contributed by atoms with Gasteiger partial charge in [0, 0.05) is 0 Å². The van der Waals surface area contributed by atoms with Gasteiger partial charge in [-0.3, -0.25) is 6.79 Å². The molecule has 0 atom stereocenters. The van der Waals surface area contributed by atoms with E-state index in [2.05, 4.69) is 6.79 Å². The molecule has 48 valence electrons. The second-order valence-electron chi connectivity index (χ2n) is 1.34. The maximum Gasteiger partial charge on any atom is 1.00 e. The number of carbonyl (C=O) groups excluding carboxylic acids is 1. The first-order chi connectivity index (χ1) is 4.39. The fraction of sp³-hybridized carbons (Fsp3) is 0. The molecule has 0 bridgehead atoms. The molecule has 0 spiro atoms. The van der Waals surface area contributed by atoms with Crippen molar-refractivity contribution in [2.75, 3.05) is 0 Å². The first kappa shape index (κ1) is 12.4. The molecule has 0 heterocycles. The Morgan fingerprint density at radius 3 is 1.70 bits per heavy atom. The zero-order valence-corrected chi connectivity index (χ0v) is 7.82. The average molecular weight is 146 g/mol. The van der Waals surface area contributed by atoms with Crippen LogP contribution in [0.4, 0.5) is 0 Å². The summed E-state index contributed by atoms with van der Waals surface area (Å²) in [6.07, 6.45) is 0. The molecule has 0 amide bonds. The monoisotopic (exact) mass is 146 g/mol. The maximum atomic E-state index is 8.63. The summed E-state index contributed by atoms with van der Waals surface area (Å²) in [5.41, 5.74) is 0. The Kier molecular flexibility index (Phi) is 10.8. The molecule has 0 saturated heterocycles. The number of phenols is 1. The molecule has 0 aliphatic carbocycles. The largest absolute Gasteiger partial charge is 1.00 e. The third kappa shape index (κ3) is 5.82. The van der Waals surface area contributed by atoms with Gasteiger partial charge in [-0.15, -0.1) is 0 Å². The third-order valence-corrected chi connectivity index (χ3v) is 0.756. The van der Waals surface area contributed by atoms with Crippen LogP contribution in [0.3, 0.4) is 0 Å². The second-order valence-corrected chi connectivity index (χ2v) is 1.34. The topological polar surface area (TPSA) is 37.3 Å². The van der Waals surface area contributed by atoms with E-state index in [9.17, 15) is 0 Å². The van der Waals surface area contributed by atoms with E-state index in [-0.39, 0.29) is 29.6 Å². The molecule has 0 aliphatic rings. The Hall–Kier alpha value is -0.310. The van der Waals surface area contributed by atoms with Crippen molar-refractivity contribution >= 4 is 6.79 Å². The van der Waals surface area contributed by atoms with Gasteiger partial charge >= 0.3 is 29.6 Å². The molecule has 0 aliphatic heterocycles. The molecule has 0 radical (unpaired) electrons. The van der Waals surface area contributed by atoms with Gasteiger partial charge < -0.3 is 9.90 Å². The van der Waals surface area contributed by atoms with E-state index < -0.39 is 0 Å². The van der Waals surface area contributed by atoms with Crippen LogP contribution >= 0.6 is 0 Å². The van der Waals surface area contributed by atoms with Gasteiger partial charge in [-0.25, -0.2) is 0 Å². The third-order valence-electron chi connectivity index (χ3n) is 0.756. The van der Waals surface area contributed by atoms with Crippen molar-refractivity contribution in [2.24, 2.45) is 0 Å². The summed E-state index contributed by atoms with van der Waals surface area (Å²) < 4.78 is 0. The normalized spacial score (nSPS) is 6.40. The fourth-order valence-corrected chi connectivity index (χ4v) is 0.428. The van der Waals surface area contributed by atoms with Crippen LogP contribution in [0.15, 0.2) is 30.3 Å². The van der Waals surface area contributed by atoms with E-state index in [0.29, 0.717) is 5.75 Å². The SMILES string of the molecule is Oc1ccccc1.[CH-]=O.[Na+]. The van der Waals surface area contributed by atoms with Crippen molar-refractivity contribution in [1.29, 1.82) is 0 Å². The zero-order valence-electron chi connectivity index (χ0n) is 5.82. The molecule has 2 nitrogen and oxygen atoms in total. The molecule has 1 aromatic rings. The van der Waals surface area contributed by atoms with Gasteiger partial charge in [-0.05, 0) is 12.1 Å². The minimum absolute atomic E-state index is 0.